The van der Waals surface area contributed by atoms with Crippen LogP contribution in [0.5, 0.6) is 0 Å². The van der Waals surface area contributed by atoms with E-state index >= 15 is 0 Å². The lowest BCUT2D eigenvalue weighted by Gasteiger charge is -2.30. The highest BCUT2D eigenvalue weighted by Crippen LogP contribution is 2.28. The van der Waals surface area contributed by atoms with Gasteiger partial charge in [0.25, 0.3) is 10.0 Å². The zero-order valence-corrected chi connectivity index (χ0v) is 14.1. The Morgan fingerprint density at radius 2 is 1.65 bits per heavy atom. The number of aryl methyl sites for hydroxylation is 1. The molecule has 2 aromatic rings. The minimum Gasteiger partial charge on any atom is -0.389 e. The molecule has 0 radical (unpaired) electrons. The van der Waals surface area contributed by atoms with Crippen molar-refractivity contribution in [3.05, 3.63) is 59.9 Å². The molecule has 0 atom stereocenters. The average Bonchev–Trinajstić information content (AvgIpc) is 2.45. The van der Waals surface area contributed by atoms with Crippen molar-refractivity contribution in [1.82, 2.24) is 0 Å². The quantitative estimate of drug-likeness (QED) is 0.912. The predicted octanol–water partition coefficient (Wildman–Crippen LogP) is 3.10. The average molecular weight is 337 g/mol. The van der Waals surface area contributed by atoms with E-state index in [-0.39, 0.29) is 17.1 Å². The van der Waals surface area contributed by atoms with Crippen molar-refractivity contribution in [2.75, 3.05) is 10.8 Å². The minimum absolute atomic E-state index is 0.0515. The number of halogens is 1. The van der Waals surface area contributed by atoms with Gasteiger partial charge in [-0.3, -0.25) is 4.31 Å². The van der Waals surface area contributed by atoms with Gasteiger partial charge in [0.15, 0.2) is 0 Å². The highest BCUT2D eigenvalue weighted by atomic mass is 32.2. The van der Waals surface area contributed by atoms with Crippen molar-refractivity contribution < 1.29 is 17.9 Å². The second-order valence-electron chi connectivity index (χ2n) is 6.09. The van der Waals surface area contributed by atoms with E-state index in [1.807, 2.05) is 6.92 Å². The van der Waals surface area contributed by atoms with Gasteiger partial charge in [-0.2, -0.15) is 0 Å². The molecule has 0 amide bonds. The van der Waals surface area contributed by atoms with E-state index in [0.29, 0.717) is 0 Å². The van der Waals surface area contributed by atoms with Crippen LogP contribution >= 0.6 is 0 Å². The Labute approximate surface area is 136 Å². The molecule has 0 spiro atoms. The summed E-state index contributed by atoms with van der Waals surface area (Å²) in [5, 5.41) is 10.1. The molecule has 0 fully saturated rings. The van der Waals surface area contributed by atoms with E-state index in [1.165, 1.54) is 44.2 Å². The van der Waals surface area contributed by atoms with Crippen LogP contribution in [0.3, 0.4) is 0 Å². The van der Waals surface area contributed by atoms with Gasteiger partial charge in [0.05, 0.1) is 22.7 Å². The van der Waals surface area contributed by atoms with Crippen LogP contribution in [0.1, 0.15) is 19.4 Å². The number of benzene rings is 2. The van der Waals surface area contributed by atoms with Crippen LogP contribution in [0.25, 0.3) is 0 Å². The first-order valence-corrected chi connectivity index (χ1v) is 8.61. The van der Waals surface area contributed by atoms with Gasteiger partial charge in [-0.1, -0.05) is 29.8 Å². The molecule has 6 heteroatoms. The van der Waals surface area contributed by atoms with Crippen molar-refractivity contribution in [3.63, 3.8) is 0 Å². The first kappa shape index (κ1) is 17.4. The molecule has 0 aliphatic heterocycles. The number of sulfonamides is 1. The van der Waals surface area contributed by atoms with Crippen molar-refractivity contribution in [2.45, 2.75) is 31.3 Å². The van der Waals surface area contributed by atoms with E-state index in [1.54, 1.807) is 18.2 Å². The second-order valence-corrected chi connectivity index (χ2v) is 7.95. The monoisotopic (exact) mass is 337 g/mol. The van der Waals surface area contributed by atoms with Crippen molar-refractivity contribution in [2.24, 2.45) is 0 Å². The number of aliphatic hydroxyl groups is 1. The van der Waals surface area contributed by atoms with E-state index in [0.717, 1.165) is 9.87 Å². The molecule has 0 unspecified atom stereocenters. The van der Waals surface area contributed by atoms with Gasteiger partial charge in [0, 0.05) is 0 Å². The molecule has 2 rings (SSSR count). The lowest BCUT2D eigenvalue weighted by molar-refractivity contribution is 0.0908. The number of rotatable bonds is 5. The third-order valence-electron chi connectivity index (χ3n) is 3.26. The van der Waals surface area contributed by atoms with Gasteiger partial charge in [-0.25, -0.2) is 12.8 Å². The van der Waals surface area contributed by atoms with Gasteiger partial charge < -0.3 is 5.11 Å². The van der Waals surface area contributed by atoms with Crippen LogP contribution in [0, 0.1) is 12.7 Å². The van der Waals surface area contributed by atoms with Gasteiger partial charge >= 0.3 is 0 Å². The van der Waals surface area contributed by atoms with Crippen molar-refractivity contribution in [1.29, 1.82) is 0 Å². The number of hydrogen-bond acceptors (Lipinski definition) is 3. The Morgan fingerprint density at radius 1 is 1.09 bits per heavy atom. The lowest BCUT2D eigenvalue weighted by atomic mass is 10.1. The summed E-state index contributed by atoms with van der Waals surface area (Å²) in [4.78, 5) is 0.0515. The summed E-state index contributed by atoms with van der Waals surface area (Å²) < 4.78 is 40.9. The molecule has 0 aliphatic carbocycles. The van der Waals surface area contributed by atoms with Gasteiger partial charge in [0.1, 0.15) is 5.82 Å². The summed E-state index contributed by atoms with van der Waals surface area (Å²) in [6, 6.07) is 11.9. The molecule has 23 heavy (non-hydrogen) atoms. The third kappa shape index (κ3) is 4.09. The maximum absolute atomic E-state index is 14.1. The first-order chi connectivity index (χ1) is 10.6. The van der Waals surface area contributed by atoms with Crippen LogP contribution in [0.4, 0.5) is 10.1 Å². The summed E-state index contributed by atoms with van der Waals surface area (Å²) in [6.07, 6.45) is 0. The maximum Gasteiger partial charge on any atom is 0.264 e. The zero-order chi connectivity index (χ0) is 17.3. The Hall–Kier alpha value is -1.92. The summed E-state index contributed by atoms with van der Waals surface area (Å²) >= 11 is 0. The van der Waals surface area contributed by atoms with E-state index in [2.05, 4.69) is 0 Å². The summed E-state index contributed by atoms with van der Waals surface area (Å²) in [5.41, 5.74) is -0.487. The first-order valence-electron chi connectivity index (χ1n) is 7.17. The highest BCUT2D eigenvalue weighted by Gasteiger charge is 2.31. The lowest BCUT2D eigenvalue weighted by Crippen LogP contribution is -2.42. The van der Waals surface area contributed by atoms with E-state index in [4.69, 9.17) is 0 Å². The smallest absolute Gasteiger partial charge is 0.264 e. The molecule has 0 heterocycles. The molecule has 0 saturated carbocycles. The number of para-hydroxylation sites is 1. The molecular formula is C17H20FNO3S. The summed E-state index contributed by atoms with van der Waals surface area (Å²) in [7, 11) is -3.99. The molecule has 2 aromatic carbocycles. The predicted molar refractivity (Wildman–Crippen MR) is 88.4 cm³/mol. The van der Waals surface area contributed by atoms with Crippen LogP contribution in [0.15, 0.2) is 53.4 Å². The van der Waals surface area contributed by atoms with Gasteiger partial charge in [-0.15, -0.1) is 0 Å². The molecule has 4 nitrogen and oxygen atoms in total. The van der Waals surface area contributed by atoms with E-state index in [9.17, 15) is 17.9 Å². The van der Waals surface area contributed by atoms with Crippen LogP contribution in [-0.2, 0) is 10.0 Å². The topological polar surface area (TPSA) is 57.6 Å². The standard InChI is InChI=1S/C17H20FNO3S/c1-13-8-10-14(11-9-13)23(21,22)19(12-17(2,3)20)16-7-5-4-6-15(16)18/h4-11,20H,12H2,1-3H3. The zero-order valence-electron chi connectivity index (χ0n) is 13.3. The maximum atomic E-state index is 14.1. The fraction of sp³-hybridized carbons (Fsp3) is 0.294. The molecule has 124 valence electrons. The molecule has 1 N–H and O–H groups in total. The minimum atomic E-state index is -3.99. The third-order valence-corrected chi connectivity index (χ3v) is 5.03. The molecule has 0 aliphatic rings. The van der Waals surface area contributed by atoms with Crippen LogP contribution in [-0.4, -0.2) is 25.7 Å². The Kier molecular flexibility index (Phi) is 4.77. The molecular weight excluding hydrogens is 317 g/mol. The Morgan fingerprint density at radius 3 is 2.17 bits per heavy atom. The summed E-state index contributed by atoms with van der Waals surface area (Å²) in [6.45, 7) is 4.54. The molecule has 0 aromatic heterocycles. The van der Waals surface area contributed by atoms with Gasteiger partial charge in [0.2, 0.25) is 0 Å². The number of hydrogen-bond donors (Lipinski definition) is 1. The highest BCUT2D eigenvalue weighted by molar-refractivity contribution is 7.92. The number of nitrogens with zero attached hydrogens (tertiary/aromatic N) is 1. The Bertz CT molecular complexity index is 780. The van der Waals surface area contributed by atoms with E-state index < -0.39 is 21.4 Å². The fourth-order valence-corrected chi connectivity index (χ4v) is 3.77. The second kappa shape index (κ2) is 6.29. The fourth-order valence-electron chi connectivity index (χ4n) is 2.14. The SMILES string of the molecule is Cc1ccc(S(=O)(=O)N(CC(C)(C)O)c2ccccc2F)cc1. The summed E-state index contributed by atoms with van der Waals surface area (Å²) in [5.74, 6) is -0.660. The van der Waals surface area contributed by atoms with Crippen LogP contribution in [0.2, 0.25) is 0 Å². The number of anilines is 1. The molecule has 0 bridgehead atoms. The largest absolute Gasteiger partial charge is 0.389 e. The van der Waals surface area contributed by atoms with Gasteiger partial charge in [-0.05, 0) is 45.0 Å². The van der Waals surface area contributed by atoms with Crippen LogP contribution < -0.4 is 4.31 Å². The van der Waals surface area contributed by atoms with Crippen molar-refractivity contribution >= 4 is 15.7 Å². The van der Waals surface area contributed by atoms with Crippen molar-refractivity contribution in [3.8, 4) is 0 Å². The Balaban J connectivity index is 2.57. The molecule has 0 saturated heterocycles. The normalized spacial score (nSPS) is 12.2.